The molecule has 1 aromatic carbocycles. The van der Waals surface area contributed by atoms with Crippen molar-refractivity contribution < 1.29 is 37.2 Å². The molecule has 6 atom stereocenters. The molecule has 0 aliphatic carbocycles. The Morgan fingerprint density at radius 2 is 1.79 bits per heavy atom. The summed E-state index contributed by atoms with van der Waals surface area (Å²) in [6.45, 7) is -1.09. The number of aliphatic hydroxyl groups is 2. The van der Waals surface area contributed by atoms with Gasteiger partial charge in [0.05, 0.1) is 6.61 Å². The van der Waals surface area contributed by atoms with Gasteiger partial charge in [0, 0.05) is 14.1 Å². The number of halogens is 4. The third-order valence-electron chi connectivity index (χ3n) is 4.70. The third kappa shape index (κ3) is 4.85. The van der Waals surface area contributed by atoms with Gasteiger partial charge in [0.2, 0.25) is 0 Å². The topological polar surface area (TPSA) is 74.5 Å². The summed E-state index contributed by atoms with van der Waals surface area (Å²) in [4.78, 5) is 5.88. The fraction of sp³-hybridized carbons (Fsp3) is 0.611. The molecule has 0 saturated carbocycles. The number of thioether (sulfide) groups is 1. The molecule has 0 spiro atoms. The van der Waals surface area contributed by atoms with Crippen LogP contribution < -0.4 is 0 Å². The fourth-order valence-electron chi connectivity index (χ4n) is 3.13. The van der Waals surface area contributed by atoms with Crippen molar-refractivity contribution in [3.8, 4) is 0 Å². The van der Waals surface area contributed by atoms with Crippen LogP contribution in [0, 0.1) is 0 Å². The number of ether oxygens (including phenoxy) is 2. The Balaban J connectivity index is 1.75. The van der Waals surface area contributed by atoms with Crippen LogP contribution in [0.3, 0.4) is 0 Å². The Morgan fingerprint density at radius 1 is 1.17 bits per heavy atom. The van der Waals surface area contributed by atoms with Crippen molar-refractivity contribution in [2.24, 2.45) is 4.99 Å². The first-order valence-corrected chi connectivity index (χ1v) is 9.75. The summed E-state index contributed by atoms with van der Waals surface area (Å²) in [5.41, 5.74) is -0.0574. The normalized spacial score (nSPS) is 30.6. The van der Waals surface area contributed by atoms with Gasteiger partial charge in [0.15, 0.2) is 11.3 Å². The van der Waals surface area contributed by atoms with Gasteiger partial charge < -0.3 is 24.6 Å². The quantitative estimate of drug-likeness (QED) is 0.686. The molecule has 2 N–H and O–H groups in total. The second kappa shape index (κ2) is 8.76. The van der Waals surface area contributed by atoms with Gasteiger partial charge in [-0.3, -0.25) is 4.99 Å². The molecule has 1 saturated heterocycles. The molecule has 2 heterocycles. The van der Waals surface area contributed by atoms with Crippen molar-refractivity contribution in [1.29, 1.82) is 0 Å². The number of hydrogen-bond acceptors (Lipinski definition) is 7. The lowest BCUT2D eigenvalue weighted by molar-refractivity contribution is -0.286. The fourth-order valence-corrected chi connectivity index (χ4v) is 4.27. The van der Waals surface area contributed by atoms with E-state index in [-0.39, 0.29) is 0 Å². The van der Waals surface area contributed by atoms with Crippen LogP contribution in [0.1, 0.15) is 11.1 Å². The Labute approximate surface area is 169 Å². The molecule has 3 rings (SSSR count). The molecule has 0 radical (unpaired) electrons. The molecule has 0 aromatic heterocycles. The molecular weight excluding hydrogens is 416 g/mol. The molecule has 29 heavy (non-hydrogen) atoms. The number of rotatable bonds is 5. The third-order valence-corrected chi connectivity index (χ3v) is 6.00. The van der Waals surface area contributed by atoms with E-state index in [2.05, 4.69) is 4.99 Å². The van der Waals surface area contributed by atoms with Crippen LogP contribution in [-0.4, -0.2) is 76.4 Å². The lowest BCUT2D eigenvalue weighted by Gasteiger charge is -2.41. The highest BCUT2D eigenvalue weighted by Gasteiger charge is 2.57. The summed E-state index contributed by atoms with van der Waals surface area (Å²) in [5.74, 6) is 0. The average molecular weight is 438 g/mol. The molecule has 162 valence electrons. The van der Waals surface area contributed by atoms with E-state index >= 15 is 0 Å². The number of hydrogen-bond donors (Lipinski definition) is 2. The second-order valence-electron chi connectivity index (χ2n) is 7.09. The zero-order valence-corrected chi connectivity index (χ0v) is 16.5. The number of amidine groups is 1. The molecule has 2 aliphatic rings. The minimum absolute atomic E-state index is 0.399. The lowest BCUT2D eigenvalue weighted by Crippen LogP contribution is -2.61. The van der Waals surface area contributed by atoms with Gasteiger partial charge in [-0.2, -0.15) is 13.2 Å². The van der Waals surface area contributed by atoms with Gasteiger partial charge in [-0.25, -0.2) is 4.39 Å². The SMILES string of the molecule is CN(C)C1=N[C@@H]2[C@@H](O)[C@H](O)[C@@H]([C@@H](OCc3ccc(CF)cc3)C(F)(F)F)O[C@@H]2S1. The van der Waals surface area contributed by atoms with E-state index in [1.165, 1.54) is 24.3 Å². The number of nitrogens with zero attached hydrogens (tertiary/aromatic N) is 2. The van der Waals surface area contributed by atoms with E-state index < -0.39 is 55.4 Å². The van der Waals surface area contributed by atoms with Crippen LogP contribution in [0.25, 0.3) is 0 Å². The predicted molar refractivity (Wildman–Crippen MR) is 99.1 cm³/mol. The Kier molecular flexibility index (Phi) is 6.74. The zero-order chi connectivity index (χ0) is 21.3. The summed E-state index contributed by atoms with van der Waals surface area (Å²) in [5, 5.41) is 21.2. The number of fused-ring (bicyclic) bond motifs is 1. The Hall–Kier alpha value is -1.40. The van der Waals surface area contributed by atoms with Crippen LogP contribution >= 0.6 is 11.8 Å². The standard InChI is InChI=1S/C18H22F4N2O4S/c1-24(2)17-23-11-12(25)13(26)14(28-16(11)29-17)15(18(20,21)22)27-8-10-5-3-9(7-19)4-6-10/h3-6,11-16,25-26H,7-8H2,1-2H3/t11-,12-,13+,14+,15-,16-/m1/s1. The Morgan fingerprint density at radius 3 is 2.34 bits per heavy atom. The smallest absolute Gasteiger partial charge is 0.388 e. The van der Waals surface area contributed by atoms with Gasteiger partial charge in [-0.05, 0) is 11.1 Å². The number of aliphatic hydroxyl groups excluding tert-OH is 2. The first kappa shape index (κ1) is 22.3. The van der Waals surface area contributed by atoms with Crippen LogP contribution in [-0.2, 0) is 22.8 Å². The summed E-state index contributed by atoms with van der Waals surface area (Å²) in [7, 11) is 3.42. The minimum atomic E-state index is -4.84. The van der Waals surface area contributed by atoms with Crippen molar-refractivity contribution >= 4 is 16.9 Å². The molecule has 0 amide bonds. The van der Waals surface area contributed by atoms with Gasteiger partial charge in [0.1, 0.15) is 36.5 Å². The van der Waals surface area contributed by atoms with E-state index in [4.69, 9.17) is 9.47 Å². The summed E-state index contributed by atoms with van der Waals surface area (Å²) < 4.78 is 64.2. The van der Waals surface area contributed by atoms with Crippen LogP contribution in [0.5, 0.6) is 0 Å². The van der Waals surface area contributed by atoms with E-state index in [9.17, 15) is 27.8 Å². The van der Waals surface area contributed by atoms with Crippen LogP contribution in [0.4, 0.5) is 17.6 Å². The van der Waals surface area contributed by atoms with Crippen molar-refractivity contribution in [2.45, 2.75) is 55.4 Å². The van der Waals surface area contributed by atoms with Crippen LogP contribution in [0.2, 0.25) is 0 Å². The lowest BCUT2D eigenvalue weighted by atomic mass is 9.94. The van der Waals surface area contributed by atoms with Crippen molar-refractivity contribution in [2.75, 3.05) is 14.1 Å². The molecule has 1 aromatic rings. The minimum Gasteiger partial charge on any atom is -0.388 e. The highest BCUT2D eigenvalue weighted by Crippen LogP contribution is 2.41. The van der Waals surface area contributed by atoms with Crippen molar-refractivity contribution in [1.82, 2.24) is 4.90 Å². The molecule has 2 aliphatic heterocycles. The van der Waals surface area contributed by atoms with E-state index in [0.717, 1.165) is 11.8 Å². The number of benzene rings is 1. The van der Waals surface area contributed by atoms with Crippen molar-refractivity contribution in [3.05, 3.63) is 35.4 Å². The summed E-state index contributed by atoms with van der Waals surface area (Å²) in [6, 6.07) is 4.98. The zero-order valence-electron chi connectivity index (χ0n) is 15.7. The largest absolute Gasteiger partial charge is 0.417 e. The van der Waals surface area contributed by atoms with Crippen molar-refractivity contribution in [3.63, 3.8) is 0 Å². The predicted octanol–water partition coefficient (Wildman–Crippen LogP) is 2.08. The Bertz CT molecular complexity index is 732. The van der Waals surface area contributed by atoms with Gasteiger partial charge in [0.25, 0.3) is 0 Å². The summed E-state index contributed by atoms with van der Waals surface area (Å²) >= 11 is 1.08. The average Bonchev–Trinajstić information content (AvgIpc) is 3.10. The second-order valence-corrected chi connectivity index (χ2v) is 8.15. The first-order valence-electron chi connectivity index (χ1n) is 8.87. The molecule has 11 heteroatoms. The molecular formula is C18H22F4N2O4S. The maximum Gasteiger partial charge on any atom is 0.417 e. The highest BCUT2D eigenvalue weighted by molar-refractivity contribution is 8.14. The first-order chi connectivity index (χ1) is 13.6. The molecule has 6 nitrogen and oxygen atoms in total. The van der Waals surface area contributed by atoms with E-state index in [0.29, 0.717) is 16.3 Å². The van der Waals surface area contributed by atoms with Gasteiger partial charge in [-0.15, -0.1) is 0 Å². The molecule has 0 unspecified atom stereocenters. The molecule has 0 bridgehead atoms. The summed E-state index contributed by atoms with van der Waals surface area (Å²) in [6.07, 6.45) is -12.5. The van der Waals surface area contributed by atoms with Crippen LogP contribution in [0.15, 0.2) is 29.3 Å². The number of alkyl halides is 4. The number of aliphatic imine (C=N–C) groups is 1. The maximum absolute atomic E-state index is 13.7. The van der Waals surface area contributed by atoms with E-state index in [1.807, 2.05) is 0 Å². The van der Waals surface area contributed by atoms with Gasteiger partial charge in [-0.1, -0.05) is 36.0 Å². The van der Waals surface area contributed by atoms with E-state index in [1.54, 1.807) is 19.0 Å². The van der Waals surface area contributed by atoms with Gasteiger partial charge >= 0.3 is 6.18 Å². The molecule has 1 fully saturated rings. The monoisotopic (exact) mass is 438 g/mol. The highest BCUT2D eigenvalue weighted by atomic mass is 32.2. The maximum atomic E-state index is 13.7.